The molecule has 0 saturated heterocycles. The van der Waals surface area contributed by atoms with Crippen LogP contribution < -0.4 is 12.0 Å². The van der Waals surface area contributed by atoms with E-state index in [1.54, 1.807) is 45.4 Å². The summed E-state index contributed by atoms with van der Waals surface area (Å²) in [5.74, 6) is 0. The van der Waals surface area contributed by atoms with Gasteiger partial charge in [-0.2, -0.15) is 0 Å². The Morgan fingerprint density at radius 2 is 1.36 bits per heavy atom. The van der Waals surface area contributed by atoms with Crippen molar-refractivity contribution < 1.29 is 26.1 Å². The normalized spacial score (nSPS) is 11.3. The van der Waals surface area contributed by atoms with Crippen LogP contribution in [0.15, 0.2) is 6.07 Å². The number of rotatable bonds is 5. The van der Waals surface area contributed by atoms with Crippen molar-refractivity contribution in [2.75, 3.05) is 0 Å². The van der Waals surface area contributed by atoms with E-state index in [0.717, 1.165) is 0 Å². The molecule has 0 aromatic heterocycles. The van der Waals surface area contributed by atoms with Crippen molar-refractivity contribution >= 4 is 27.0 Å². The van der Waals surface area contributed by atoms with Crippen LogP contribution in [0.2, 0.25) is 0 Å². The summed E-state index contributed by atoms with van der Waals surface area (Å²) >= 11 is 1.10. The quantitative estimate of drug-likeness (QED) is 0.465. The maximum absolute atomic E-state index is 2.49. The summed E-state index contributed by atoms with van der Waals surface area (Å²) in [6, 6.07) is 2.49. The molecular formula is C23H31HgSe+. The van der Waals surface area contributed by atoms with E-state index >= 15 is 0 Å². The topological polar surface area (TPSA) is 0 Å². The van der Waals surface area contributed by atoms with Crippen molar-refractivity contribution in [2.24, 2.45) is 0 Å². The summed E-state index contributed by atoms with van der Waals surface area (Å²) in [6.45, 7) is 18.6. The summed E-state index contributed by atoms with van der Waals surface area (Å²) in [5.41, 5.74) is 12.3. The minimum atomic E-state index is 0.424. The molecule has 2 rings (SSSR count). The van der Waals surface area contributed by atoms with Crippen molar-refractivity contribution in [2.45, 2.75) is 74.7 Å². The first-order valence-electron chi connectivity index (χ1n) is 9.40. The molecule has 0 aliphatic carbocycles. The molecule has 0 bridgehead atoms. The predicted molar refractivity (Wildman–Crippen MR) is 109 cm³/mol. The molecule has 2 heteroatoms. The zero-order valence-corrected chi connectivity index (χ0v) is 24.5. The minimum absolute atomic E-state index is 0.424. The fraction of sp³-hybridized carbons (Fsp3) is 0.478. The number of hydrogen-bond donors (Lipinski definition) is 0. The summed E-state index contributed by atoms with van der Waals surface area (Å²) in [4.78, 5) is 0. The molecule has 0 spiro atoms. The Labute approximate surface area is 177 Å². The first-order chi connectivity index (χ1) is 11.7. The van der Waals surface area contributed by atoms with Gasteiger partial charge in [-0.05, 0) is 0 Å². The number of hydrogen-bond acceptors (Lipinski definition) is 0. The molecule has 0 nitrogen and oxygen atoms in total. The van der Waals surface area contributed by atoms with Crippen LogP contribution in [0.1, 0.15) is 64.3 Å². The van der Waals surface area contributed by atoms with E-state index in [1.165, 1.54) is 30.4 Å². The molecule has 2 aromatic rings. The Kier molecular flexibility index (Phi) is 7.40. The van der Waals surface area contributed by atoms with Gasteiger partial charge in [-0.1, -0.05) is 0 Å². The molecule has 0 N–H and O–H groups in total. The van der Waals surface area contributed by atoms with Crippen molar-refractivity contribution in [3.63, 3.8) is 0 Å². The van der Waals surface area contributed by atoms with Gasteiger partial charge in [0.25, 0.3) is 0 Å². The van der Waals surface area contributed by atoms with Crippen LogP contribution in [0.4, 0.5) is 0 Å². The zero-order chi connectivity index (χ0) is 18.9. The molecule has 0 atom stereocenters. The Morgan fingerprint density at radius 3 is 1.88 bits per heavy atom. The van der Waals surface area contributed by atoms with Crippen molar-refractivity contribution in [3.05, 3.63) is 50.6 Å². The van der Waals surface area contributed by atoms with E-state index in [4.69, 9.17) is 0 Å². The fourth-order valence-corrected chi connectivity index (χ4v) is 9.24. The van der Waals surface area contributed by atoms with Crippen LogP contribution in [0.3, 0.4) is 0 Å². The first kappa shape index (κ1) is 21.2. The van der Waals surface area contributed by atoms with Crippen LogP contribution in [0.5, 0.6) is 0 Å². The zero-order valence-electron chi connectivity index (χ0n) is 17.3. The third-order valence-electron chi connectivity index (χ3n) is 5.96. The Hall–Kier alpha value is -0.105. The molecule has 0 aliphatic heterocycles. The summed E-state index contributed by atoms with van der Waals surface area (Å²) < 4.78 is 4.96. The standard InChI is InChI=1S/C23H31Se.Hg/c1-9-10-11-22-17(5)19(7)23(20(8)18(22)6)24-21-12-14(2)16(4)15(3)13-21;/h12H,9-11H2,1-8H3;/q;+1. The summed E-state index contributed by atoms with van der Waals surface area (Å²) in [5, 5.41) is 0. The third kappa shape index (κ3) is 4.25. The molecular weight excluding hydrogens is 556 g/mol. The summed E-state index contributed by atoms with van der Waals surface area (Å²) in [7, 11) is 0. The van der Waals surface area contributed by atoms with Crippen molar-refractivity contribution in [1.29, 1.82) is 0 Å². The monoisotopic (exact) mass is 589 g/mol. The Bertz CT molecular complexity index is 774. The molecule has 0 radical (unpaired) electrons. The second-order valence-electron chi connectivity index (χ2n) is 7.43. The van der Waals surface area contributed by atoms with E-state index in [0.29, 0.717) is 41.1 Å². The number of benzene rings is 2. The van der Waals surface area contributed by atoms with Gasteiger partial charge < -0.3 is 0 Å². The van der Waals surface area contributed by atoms with Gasteiger partial charge in [-0.15, -0.1) is 0 Å². The van der Waals surface area contributed by atoms with Gasteiger partial charge in [0.05, 0.1) is 0 Å². The second kappa shape index (κ2) is 8.72. The first-order valence-corrected chi connectivity index (χ1v) is 13.9. The summed E-state index contributed by atoms with van der Waals surface area (Å²) in [6.07, 6.45) is 3.81. The molecule has 0 heterocycles. The van der Waals surface area contributed by atoms with E-state index in [2.05, 4.69) is 61.5 Å². The molecule has 0 unspecified atom stereocenters. The average Bonchev–Trinajstić information content (AvgIpc) is 2.59. The van der Waals surface area contributed by atoms with Crippen LogP contribution in [0, 0.1) is 48.5 Å². The fourth-order valence-electron chi connectivity index (χ4n) is 3.54. The number of aryl methyl sites for hydroxylation is 1. The predicted octanol–water partition coefficient (Wildman–Crippen LogP) is 4.02. The van der Waals surface area contributed by atoms with Gasteiger partial charge in [-0.25, -0.2) is 0 Å². The van der Waals surface area contributed by atoms with E-state index in [1.807, 2.05) is 0 Å². The van der Waals surface area contributed by atoms with Gasteiger partial charge in [0.2, 0.25) is 0 Å². The molecule has 130 valence electrons. The van der Waals surface area contributed by atoms with Crippen molar-refractivity contribution in [1.82, 2.24) is 0 Å². The second-order valence-corrected chi connectivity index (χ2v) is 12.4. The van der Waals surface area contributed by atoms with E-state index < -0.39 is 0 Å². The molecule has 0 aliphatic rings. The van der Waals surface area contributed by atoms with Gasteiger partial charge in [0, 0.05) is 0 Å². The van der Waals surface area contributed by atoms with Crippen LogP contribution >= 0.6 is 0 Å². The molecule has 0 amide bonds. The van der Waals surface area contributed by atoms with Crippen LogP contribution in [-0.2, 0) is 32.5 Å². The van der Waals surface area contributed by atoms with Gasteiger partial charge in [0.1, 0.15) is 0 Å². The van der Waals surface area contributed by atoms with Crippen molar-refractivity contribution in [3.8, 4) is 0 Å². The van der Waals surface area contributed by atoms with Crippen LogP contribution in [-0.4, -0.2) is 15.0 Å². The maximum atomic E-state index is 2.49. The molecule has 2 aromatic carbocycles. The Morgan fingerprint density at radius 1 is 0.800 bits per heavy atom. The SMILES string of the molecule is CCCCc1c(C)c(C)c([Se]c2cc(C)c(C)c(C)[c]2[Hg+])c(C)c1C. The van der Waals surface area contributed by atoms with Gasteiger partial charge in [-0.3, -0.25) is 0 Å². The average molecular weight is 587 g/mol. The van der Waals surface area contributed by atoms with E-state index in [-0.39, 0.29) is 0 Å². The number of unbranched alkanes of at least 4 members (excludes halogenated alkanes) is 1. The van der Waals surface area contributed by atoms with E-state index in [9.17, 15) is 0 Å². The Balaban J connectivity index is 2.55. The molecule has 0 fully saturated rings. The molecule has 25 heavy (non-hydrogen) atoms. The third-order valence-corrected chi connectivity index (χ3v) is 14.7. The van der Waals surface area contributed by atoms with Gasteiger partial charge >= 0.3 is 178 Å². The van der Waals surface area contributed by atoms with Gasteiger partial charge in [0.15, 0.2) is 0 Å². The van der Waals surface area contributed by atoms with Crippen LogP contribution in [0.25, 0.3) is 0 Å². The molecule has 0 saturated carbocycles.